The summed E-state index contributed by atoms with van der Waals surface area (Å²) in [5, 5.41) is 3.66. The molecule has 8 heteroatoms. The SMILES string of the molecule is COC(=O)c1ccc(NC(=O)COC(=O)c2sc3ccccc3c2Cl)cc1. The number of rotatable bonds is 5. The fraction of sp³-hybridized carbons (Fsp3) is 0.105. The molecule has 0 spiro atoms. The lowest BCUT2D eigenvalue weighted by Crippen LogP contribution is -2.20. The largest absolute Gasteiger partial charge is 0.465 e. The van der Waals surface area contributed by atoms with Crippen LogP contribution in [0.25, 0.3) is 10.1 Å². The van der Waals surface area contributed by atoms with Gasteiger partial charge in [0.05, 0.1) is 17.7 Å². The Morgan fingerprint density at radius 3 is 2.41 bits per heavy atom. The van der Waals surface area contributed by atoms with Crippen LogP contribution in [0, 0.1) is 0 Å². The molecule has 0 aliphatic heterocycles. The van der Waals surface area contributed by atoms with Crippen LogP contribution in [0.5, 0.6) is 0 Å². The summed E-state index contributed by atoms with van der Waals surface area (Å²) in [5.74, 6) is -1.63. The molecule has 2 aromatic carbocycles. The number of nitrogens with one attached hydrogen (secondary N) is 1. The van der Waals surface area contributed by atoms with E-state index in [1.54, 1.807) is 12.1 Å². The van der Waals surface area contributed by atoms with Crippen molar-refractivity contribution in [3.05, 3.63) is 64.0 Å². The van der Waals surface area contributed by atoms with Crippen molar-refractivity contribution in [1.29, 1.82) is 0 Å². The molecule has 27 heavy (non-hydrogen) atoms. The average Bonchev–Trinajstić information content (AvgIpc) is 3.03. The number of thiophene rings is 1. The number of benzene rings is 2. The molecule has 138 valence electrons. The summed E-state index contributed by atoms with van der Waals surface area (Å²) in [5.41, 5.74) is 0.824. The minimum absolute atomic E-state index is 0.257. The average molecular weight is 404 g/mol. The minimum atomic E-state index is -0.655. The van der Waals surface area contributed by atoms with Gasteiger partial charge in [0.25, 0.3) is 5.91 Å². The molecule has 0 saturated carbocycles. The molecular formula is C19H14ClNO5S. The minimum Gasteiger partial charge on any atom is -0.465 e. The van der Waals surface area contributed by atoms with Crippen molar-refractivity contribution in [2.75, 3.05) is 19.0 Å². The van der Waals surface area contributed by atoms with Crippen LogP contribution in [0.3, 0.4) is 0 Å². The number of halogens is 1. The van der Waals surface area contributed by atoms with E-state index in [9.17, 15) is 14.4 Å². The van der Waals surface area contributed by atoms with Gasteiger partial charge in [0, 0.05) is 15.8 Å². The molecular weight excluding hydrogens is 390 g/mol. The predicted octanol–water partition coefficient (Wildman–Crippen LogP) is 4.14. The van der Waals surface area contributed by atoms with Gasteiger partial charge in [-0.2, -0.15) is 0 Å². The highest BCUT2D eigenvalue weighted by molar-refractivity contribution is 7.21. The van der Waals surface area contributed by atoms with Crippen LogP contribution in [-0.2, 0) is 14.3 Å². The van der Waals surface area contributed by atoms with Crippen molar-refractivity contribution in [2.45, 2.75) is 0 Å². The second-order valence-corrected chi connectivity index (χ2v) is 6.86. The first-order chi connectivity index (χ1) is 13.0. The molecule has 0 bridgehead atoms. The Morgan fingerprint density at radius 2 is 1.74 bits per heavy atom. The van der Waals surface area contributed by atoms with Gasteiger partial charge in [-0.25, -0.2) is 9.59 Å². The normalized spacial score (nSPS) is 10.4. The number of anilines is 1. The molecule has 0 aliphatic carbocycles. The van der Waals surface area contributed by atoms with Crippen molar-refractivity contribution in [1.82, 2.24) is 0 Å². The fourth-order valence-corrected chi connectivity index (χ4v) is 3.75. The second-order valence-electron chi connectivity index (χ2n) is 5.43. The molecule has 1 amide bonds. The van der Waals surface area contributed by atoms with Crippen LogP contribution in [0.15, 0.2) is 48.5 Å². The Labute approximate surface area is 163 Å². The highest BCUT2D eigenvalue weighted by atomic mass is 35.5. The van der Waals surface area contributed by atoms with E-state index in [1.807, 2.05) is 24.3 Å². The molecule has 0 fully saturated rings. The highest BCUT2D eigenvalue weighted by Crippen LogP contribution is 2.35. The second kappa shape index (κ2) is 8.20. The number of fused-ring (bicyclic) bond motifs is 1. The van der Waals surface area contributed by atoms with Crippen molar-refractivity contribution < 1.29 is 23.9 Å². The summed E-state index contributed by atoms with van der Waals surface area (Å²) in [4.78, 5) is 35.8. The van der Waals surface area contributed by atoms with E-state index in [1.165, 1.54) is 30.6 Å². The lowest BCUT2D eigenvalue weighted by Gasteiger charge is -2.07. The van der Waals surface area contributed by atoms with Gasteiger partial charge in [0.2, 0.25) is 0 Å². The van der Waals surface area contributed by atoms with Gasteiger partial charge in [0.15, 0.2) is 6.61 Å². The highest BCUT2D eigenvalue weighted by Gasteiger charge is 2.19. The monoisotopic (exact) mass is 403 g/mol. The van der Waals surface area contributed by atoms with E-state index in [0.717, 1.165) is 10.1 Å². The number of carbonyl (C=O) groups is 3. The Bertz CT molecular complexity index is 1010. The zero-order chi connectivity index (χ0) is 19.4. The lowest BCUT2D eigenvalue weighted by molar-refractivity contribution is -0.119. The molecule has 1 N–H and O–H groups in total. The lowest BCUT2D eigenvalue weighted by atomic mass is 10.2. The third-order valence-electron chi connectivity index (χ3n) is 3.64. The maximum Gasteiger partial charge on any atom is 0.350 e. The van der Waals surface area contributed by atoms with Crippen LogP contribution in [0.4, 0.5) is 5.69 Å². The first-order valence-electron chi connectivity index (χ1n) is 7.82. The number of hydrogen-bond donors (Lipinski definition) is 1. The van der Waals surface area contributed by atoms with E-state index in [2.05, 4.69) is 10.1 Å². The van der Waals surface area contributed by atoms with Crippen molar-refractivity contribution in [3.63, 3.8) is 0 Å². The van der Waals surface area contributed by atoms with Crippen LogP contribution >= 0.6 is 22.9 Å². The smallest absolute Gasteiger partial charge is 0.350 e. The number of esters is 2. The zero-order valence-corrected chi connectivity index (χ0v) is 15.7. The summed E-state index contributed by atoms with van der Waals surface area (Å²) < 4.78 is 10.5. The summed E-state index contributed by atoms with van der Waals surface area (Å²) in [6.07, 6.45) is 0. The van der Waals surface area contributed by atoms with E-state index in [-0.39, 0.29) is 4.88 Å². The first-order valence-corrected chi connectivity index (χ1v) is 9.01. The maximum absolute atomic E-state index is 12.2. The standard InChI is InChI=1S/C19H14ClNO5S/c1-25-18(23)11-6-8-12(9-7-11)21-15(22)10-26-19(24)17-16(20)13-4-2-3-5-14(13)27-17/h2-9H,10H2,1H3,(H,21,22). The fourth-order valence-electron chi connectivity index (χ4n) is 2.35. The molecule has 1 heterocycles. The number of methoxy groups -OCH3 is 1. The maximum atomic E-state index is 12.2. The first kappa shape index (κ1) is 18.9. The summed E-state index contributed by atoms with van der Waals surface area (Å²) in [6, 6.07) is 13.5. The Kier molecular flexibility index (Phi) is 5.73. The molecule has 0 atom stereocenters. The van der Waals surface area contributed by atoms with Crippen molar-refractivity contribution in [2.24, 2.45) is 0 Å². The van der Waals surface area contributed by atoms with Crippen LogP contribution in [0.2, 0.25) is 5.02 Å². The molecule has 0 aliphatic rings. The Hall–Kier alpha value is -2.90. The Morgan fingerprint density at radius 1 is 1.04 bits per heavy atom. The molecule has 6 nitrogen and oxygen atoms in total. The summed E-state index contributed by atoms with van der Waals surface area (Å²) in [6.45, 7) is -0.456. The quantitative estimate of drug-likeness (QED) is 0.647. The predicted molar refractivity (Wildman–Crippen MR) is 104 cm³/mol. The molecule has 3 aromatic rings. The van der Waals surface area contributed by atoms with E-state index in [0.29, 0.717) is 16.3 Å². The van der Waals surface area contributed by atoms with E-state index in [4.69, 9.17) is 16.3 Å². The van der Waals surface area contributed by atoms with Gasteiger partial charge < -0.3 is 14.8 Å². The molecule has 0 unspecified atom stereocenters. The van der Waals surface area contributed by atoms with Crippen LogP contribution in [-0.4, -0.2) is 31.6 Å². The van der Waals surface area contributed by atoms with Crippen molar-refractivity contribution in [3.8, 4) is 0 Å². The molecule has 1 aromatic heterocycles. The van der Waals surface area contributed by atoms with Crippen LogP contribution < -0.4 is 5.32 Å². The summed E-state index contributed by atoms with van der Waals surface area (Å²) in [7, 11) is 1.29. The number of carbonyl (C=O) groups excluding carboxylic acids is 3. The van der Waals surface area contributed by atoms with Gasteiger partial charge in [-0.05, 0) is 30.3 Å². The number of hydrogen-bond acceptors (Lipinski definition) is 6. The third-order valence-corrected chi connectivity index (χ3v) is 5.30. The van der Waals surface area contributed by atoms with Gasteiger partial charge in [-0.15, -0.1) is 11.3 Å². The van der Waals surface area contributed by atoms with Gasteiger partial charge >= 0.3 is 11.9 Å². The zero-order valence-electron chi connectivity index (χ0n) is 14.2. The summed E-state index contributed by atoms with van der Waals surface area (Å²) >= 11 is 7.43. The number of amides is 1. The van der Waals surface area contributed by atoms with Gasteiger partial charge in [-0.3, -0.25) is 4.79 Å². The topological polar surface area (TPSA) is 81.7 Å². The van der Waals surface area contributed by atoms with Gasteiger partial charge in [0.1, 0.15) is 4.88 Å². The molecule has 0 radical (unpaired) electrons. The van der Waals surface area contributed by atoms with E-state index < -0.39 is 24.5 Å². The number of ether oxygens (including phenoxy) is 2. The molecule has 3 rings (SSSR count). The van der Waals surface area contributed by atoms with Gasteiger partial charge in [-0.1, -0.05) is 29.8 Å². The Balaban J connectivity index is 1.59. The van der Waals surface area contributed by atoms with Crippen LogP contribution in [0.1, 0.15) is 20.0 Å². The van der Waals surface area contributed by atoms with E-state index >= 15 is 0 Å². The van der Waals surface area contributed by atoms with Crippen molar-refractivity contribution >= 4 is 56.6 Å². The third kappa shape index (κ3) is 4.27. The molecule has 0 saturated heterocycles.